The van der Waals surface area contributed by atoms with Crippen molar-refractivity contribution >= 4 is 27.5 Å². The molecule has 0 radical (unpaired) electrons. The molecule has 1 saturated heterocycles. The van der Waals surface area contributed by atoms with Crippen molar-refractivity contribution in [2.24, 2.45) is 0 Å². The maximum atomic E-state index is 14.4. The van der Waals surface area contributed by atoms with Gasteiger partial charge in [0, 0.05) is 25.7 Å². The van der Waals surface area contributed by atoms with Crippen molar-refractivity contribution in [3.63, 3.8) is 0 Å². The number of piperazine rings is 1. The van der Waals surface area contributed by atoms with E-state index in [1.165, 1.54) is 11.0 Å². The van der Waals surface area contributed by atoms with Crippen molar-refractivity contribution in [1.82, 2.24) is 4.90 Å². The van der Waals surface area contributed by atoms with Crippen LogP contribution in [-0.4, -0.2) is 64.9 Å². The molecular formula is C30H29F6N3O5S. The first-order chi connectivity index (χ1) is 21.3. The number of benzene rings is 3. The fourth-order valence-electron chi connectivity index (χ4n) is 5.41. The fourth-order valence-corrected chi connectivity index (χ4v) is 6.97. The first kappa shape index (κ1) is 32.3. The van der Waals surface area contributed by atoms with Gasteiger partial charge in [0.15, 0.2) is 0 Å². The Kier molecular flexibility index (Phi) is 9.10. The Labute approximate surface area is 255 Å². The summed E-state index contributed by atoms with van der Waals surface area (Å²) in [6, 6.07) is 10.3. The average Bonchev–Trinajstić information content (AvgIpc) is 2.99. The second-order valence-electron chi connectivity index (χ2n) is 10.6. The third-order valence-corrected chi connectivity index (χ3v) is 9.35. The van der Waals surface area contributed by atoms with Gasteiger partial charge in [0.2, 0.25) is 0 Å². The summed E-state index contributed by atoms with van der Waals surface area (Å²) in [5.74, 6) is -1.33. The number of rotatable bonds is 8. The molecule has 0 unspecified atom stereocenters. The molecule has 0 aromatic heterocycles. The molecule has 5 rings (SSSR count). The van der Waals surface area contributed by atoms with Crippen molar-refractivity contribution in [2.45, 2.75) is 43.5 Å². The summed E-state index contributed by atoms with van der Waals surface area (Å²) in [5, 5.41) is 0. The van der Waals surface area contributed by atoms with Crippen molar-refractivity contribution in [2.75, 3.05) is 42.0 Å². The number of amides is 1. The van der Waals surface area contributed by atoms with E-state index >= 15 is 0 Å². The Balaban J connectivity index is 1.57. The molecule has 1 atom stereocenters. The van der Waals surface area contributed by atoms with E-state index in [9.17, 15) is 39.6 Å². The zero-order chi connectivity index (χ0) is 32.5. The summed E-state index contributed by atoms with van der Waals surface area (Å²) in [6.45, 7) is -0.635. The number of carbonyl (C=O) groups is 1. The summed E-state index contributed by atoms with van der Waals surface area (Å²) < 4.78 is 119. The smallest absolute Gasteiger partial charge is 0.416 e. The molecule has 2 aliphatic heterocycles. The SMILES string of the molecule is CCCCOC(=O)N1CCN2c3ccc(-c4cc(F)cc(OC(F)F)c4)cc3N(S(=O)(=O)c3cccc(C(F)(F)F)c3)C[C@@H]2C1. The van der Waals surface area contributed by atoms with Gasteiger partial charge in [-0.2, -0.15) is 22.0 Å². The van der Waals surface area contributed by atoms with Crippen LogP contribution in [0, 0.1) is 5.82 Å². The van der Waals surface area contributed by atoms with Gasteiger partial charge in [-0.1, -0.05) is 25.5 Å². The van der Waals surface area contributed by atoms with Gasteiger partial charge in [-0.05, 0) is 60.0 Å². The third-order valence-electron chi connectivity index (χ3n) is 7.57. The molecule has 0 spiro atoms. The van der Waals surface area contributed by atoms with E-state index in [-0.39, 0.29) is 43.1 Å². The lowest BCUT2D eigenvalue weighted by atomic mass is 10.00. The molecule has 1 fully saturated rings. The number of carbonyl (C=O) groups excluding carboxylic acids is 1. The summed E-state index contributed by atoms with van der Waals surface area (Å²) >= 11 is 0. The Morgan fingerprint density at radius 2 is 1.76 bits per heavy atom. The largest absolute Gasteiger partial charge is 0.449 e. The highest BCUT2D eigenvalue weighted by Crippen LogP contribution is 2.43. The van der Waals surface area contributed by atoms with E-state index < -0.39 is 57.0 Å². The number of ether oxygens (including phenoxy) is 2. The maximum Gasteiger partial charge on any atom is 0.416 e. The maximum absolute atomic E-state index is 14.4. The molecule has 3 aromatic rings. The van der Waals surface area contributed by atoms with Crippen LogP contribution < -0.4 is 13.9 Å². The van der Waals surface area contributed by atoms with Crippen molar-refractivity contribution in [1.29, 1.82) is 0 Å². The molecule has 0 N–H and O–H groups in total. The highest BCUT2D eigenvalue weighted by Gasteiger charge is 2.42. The standard InChI is InChI=1S/C30H29F6N3O5S/c1-2-3-11-43-29(40)37-9-10-38-23(17-37)18-39(45(41,42)25-6-4-5-21(15-25)30(34,35)36)27-14-19(7-8-26(27)38)20-12-22(31)16-24(13-20)44-28(32)33/h4-8,12-16,23,28H,2-3,9-11,17-18H2,1H3/t23-/m0/s1. The zero-order valence-corrected chi connectivity index (χ0v) is 24.8. The van der Waals surface area contributed by atoms with Crippen LogP contribution in [0.3, 0.4) is 0 Å². The number of fused-ring (bicyclic) bond motifs is 3. The summed E-state index contributed by atoms with van der Waals surface area (Å²) in [7, 11) is -4.62. The van der Waals surface area contributed by atoms with Crippen molar-refractivity contribution < 1.29 is 49.0 Å². The molecule has 1 amide bonds. The molecule has 45 heavy (non-hydrogen) atoms. The monoisotopic (exact) mass is 657 g/mol. The number of anilines is 2. The van der Waals surface area contributed by atoms with Crippen molar-refractivity contribution in [3.05, 3.63) is 72.0 Å². The van der Waals surface area contributed by atoms with Gasteiger partial charge in [-0.3, -0.25) is 4.31 Å². The van der Waals surface area contributed by atoms with E-state index in [2.05, 4.69) is 4.74 Å². The molecule has 0 saturated carbocycles. The van der Waals surface area contributed by atoms with Crippen LogP contribution in [0.1, 0.15) is 25.3 Å². The van der Waals surface area contributed by atoms with E-state index in [4.69, 9.17) is 4.74 Å². The minimum Gasteiger partial charge on any atom is -0.449 e. The van der Waals surface area contributed by atoms with Crippen LogP contribution in [0.25, 0.3) is 11.1 Å². The lowest BCUT2D eigenvalue weighted by molar-refractivity contribution is -0.137. The average molecular weight is 658 g/mol. The third kappa shape index (κ3) is 6.92. The number of alkyl halides is 5. The molecule has 2 aliphatic rings. The molecule has 0 bridgehead atoms. The highest BCUT2D eigenvalue weighted by atomic mass is 32.2. The zero-order valence-electron chi connectivity index (χ0n) is 23.9. The topological polar surface area (TPSA) is 79.4 Å². The Morgan fingerprint density at radius 3 is 2.47 bits per heavy atom. The Morgan fingerprint density at radius 1 is 0.978 bits per heavy atom. The first-order valence-electron chi connectivity index (χ1n) is 14.1. The molecule has 2 heterocycles. The second-order valence-corrected chi connectivity index (χ2v) is 12.4. The first-order valence-corrected chi connectivity index (χ1v) is 15.5. The minimum absolute atomic E-state index is 0.0823. The van der Waals surface area contributed by atoms with Gasteiger partial charge in [-0.25, -0.2) is 17.6 Å². The Hall–Kier alpha value is -4.14. The summed E-state index contributed by atoms with van der Waals surface area (Å²) in [6.07, 6.45) is -3.85. The van der Waals surface area contributed by atoms with Gasteiger partial charge < -0.3 is 19.3 Å². The van der Waals surface area contributed by atoms with E-state index in [0.29, 0.717) is 24.7 Å². The molecule has 0 aliphatic carbocycles. The fraction of sp³-hybridized carbons (Fsp3) is 0.367. The highest BCUT2D eigenvalue weighted by molar-refractivity contribution is 7.92. The quantitative estimate of drug-likeness (QED) is 0.197. The van der Waals surface area contributed by atoms with E-state index in [1.54, 1.807) is 12.1 Å². The van der Waals surface area contributed by atoms with Crippen LogP contribution in [0.4, 0.5) is 42.5 Å². The number of sulfonamides is 1. The number of hydrogen-bond donors (Lipinski definition) is 0. The number of nitrogens with zero attached hydrogens (tertiary/aromatic N) is 3. The van der Waals surface area contributed by atoms with Gasteiger partial charge in [0.25, 0.3) is 10.0 Å². The van der Waals surface area contributed by atoms with Crippen molar-refractivity contribution in [3.8, 4) is 16.9 Å². The van der Waals surface area contributed by atoms with Gasteiger partial charge in [0.05, 0.1) is 41.0 Å². The molecule has 8 nitrogen and oxygen atoms in total. The van der Waals surface area contributed by atoms with Gasteiger partial charge in [0.1, 0.15) is 11.6 Å². The lowest BCUT2D eigenvalue weighted by Crippen LogP contribution is -2.61. The molecule has 242 valence electrons. The number of halogens is 6. The van der Waals surface area contributed by atoms with Crippen LogP contribution in [-0.2, 0) is 20.9 Å². The number of hydrogen-bond acceptors (Lipinski definition) is 6. The predicted octanol–water partition coefficient (Wildman–Crippen LogP) is 6.75. The molecular weight excluding hydrogens is 628 g/mol. The van der Waals surface area contributed by atoms with E-state index in [0.717, 1.165) is 47.1 Å². The second kappa shape index (κ2) is 12.7. The van der Waals surface area contributed by atoms with Gasteiger partial charge >= 0.3 is 18.9 Å². The van der Waals surface area contributed by atoms with E-state index in [1.807, 2.05) is 11.8 Å². The van der Waals surface area contributed by atoms with Gasteiger partial charge in [-0.15, -0.1) is 0 Å². The summed E-state index contributed by atoms with van der Waals surface area (Å²) in [5.41, 5.74) is -0.313. The van der Waals surface area contributed by atoms with Crippen LogP contribution in [0.15, 0.2) is 65.6 Å². The van der Waals surface area contributed by atoms with Crippen LogP contribution >= 0.6 is 0 Å². The van der Waals surface area contributed by atoms with Crippen LogP contribution in [0.5, 0.6) is 5.75 Å². The molecule has 3 aromatic carbocycles. The number of unbranched alkanes of at least 4 members (excludes halogenated alkanes) is 1. The Bertz CT molecular complexity index is 1670. The molecule has 15 heteroatoms. The van der Waals surface area contributed by atoms with Crippen LogP contribution in [0.2, 0.25) is 0 Å². The minimum atomic E-state index is -4.80. The lowest BCUT2D eigenvalue weighted by Gasteiger charge is -2.48. The normalized spacial score (nSPS) is 16.8. The summed E-state index contributed by atoms with van der Waals surface area (Å²) in [4.78, 5) is 15.5. The predicted molar refractivity (Wildman–Crippen MR) is 153 cm³/mol.